The second kappa shape index (κ2) is 3.46. The van der Waals surface area contributed by atoms with Gasteiger partial charge in [-0.15, -0.1) is 0 Å². The lowest BCUT2D eigenvalue weighted by molar-refractivity contribution is -0.195. The summed E-state index contributed by atoms with van der Waals surface area (Å²) in [5.41, 5.74) is 0. The van der Waals surface area contributed by atoms with Crippen LogP contribution >= 0.6 is 0 Å². The summed E-state index contributed by atoms with van der Waals surface area (Å²) < 4.78 is 11.8. The maximum Gasteiger partial charge on any atom is 0.111 e. The summed E-state index contributed by atoms with van der Waals surface area (Å²) in [6.45, 7) is -1.80. The van der Waals surface area contributed by atoms with Crippen molar-refractivity contribution < 1.29 is 26.5 Å². The number of hydrogen-bond acceptors (Lipinski definition) is 5. The molecule has 0 aliphatic carbocycles. The van der Waals surface area contributed by atoms with Crippen LogP contribution in [0.2, 0.25) is 0 Å². The van der Waals surface area contributed by atoms with Gasteiger partial charge in [0, 0.05) is 0 Å². The van der Waals surface area contributed by atoms with E-state index in [1.165, 1.54) is 0 Å². The highest BCUT2D eigenvalue weighted by molar-refractivity contribution is 4.85. The highest BCUT2D eigenvalue weighted by atomic mass is 16.5. The Labute approximate surface area is 65.3 Å². The van der Waals surface area contributed by atoms with Gasteiger partial charge in [0.25, 0.3) is 0 Å². The van der Waals surface area contributed by atoms with Crippen molar-refractivity contribution >= 4 is 0 Å². The lowest BCUT2D eigenvalue weighted by atomic mass is 10.0. The third kappa shape index (κ3) is 1.69. The van der Waals surface area contributed by atoms with Crippen LogP contribution in [0, 0.1) is 0 Å². The van der Waals surface area contributed by atoms with Gasteiger partial charge < -0.3 is 25.2 Å². The Bertz CT molecular complexity index is 150. The third-order valence-electron chi connectivity index (χ3n) is 1.65. The average Bonchev–Trinajstić information content (AvgIpc) is 2.08. The molecule has 5 atom stereocenters. The van der Waals surface area contributed by atoms with Crippen LogP contribution in [0.3, 0.4) is 0 Å². The molecule has 5 nitrogen and oxygen atoms in total. The number of ether oxygens (including phenoxy) is 1. The molecule has 11 heavy (non-hydrogen) atoms. The second-order valence-electron chi connectivity index (χ2n) is 2.46. The number of rotatable bonds is 1. The number of aliphatic hydroxyl groups excluding tert-OH is 4. The molecule has 0 spiro atoms. The van der Waals surface area contributed by atoms with Crippen molar-refractivity contribution in [3.63, 3.8) is 0 Å². The molecular weight excluding hydrogens is 152 g/mol. The molecule has 0 aromatic carbocycles. The SMILES string of the molecule is [2H][C@@H]1O[C@H](CO)[C@H](O)[C@@H](O)[C@@H]1O. The highest BCUT2D eigenvalue weighted by Gasteiger charge is 2.36. The second-order valence-corrected chi connectivity index (χ2v) is 2.46. The zero-order valence-corrected chi connectivity index (χ0v) is 5.79. The van der Waals surface area contributed by atoms with Crippen LogP contribution in [0.1, 0.15) is 1.37 Å². The van der Waals surface area contributed by atoms with Gasteiger partial charge in [-0.25, -0.2) is 0 Å². The van der Waals surface area contributed by atoms with Gasteiger partial charge in [-0.1, -0.05) is 0 Å². The predicted molar refractivity (Wildman–Crippen MR) is 34.8 cm³/mol. The molecule has 1 fully saturated rings. The standard InChI is InChI=1S/C6H12O5/c7-1-4-6(10)5(9)3(8)2-11-4/h3-10H,1-2H2/t3-,4-,5+,6+/m1/s1/i2D/t2-,3+,4+,5-,6-/m0. The van der Waals surface area contributed by atoms with Gasteiger partial charge in [0.1, 0.15) is 24.4 Å². The van der Waals surface area contributed by atoms with Gasteiger partial charge in [-0.3, -0.25) is 0 Å². The van der Waals surface area contributed by atoms with E-state index in [9.17, 15) is 0 Å². The Morgan fingerprint density at radius 1 is 1.36 bits per heavy atom. The maximum atomic E-state index is 9.15. The summed E-state index contributed by atoms with van der Waals surface area (Å²) in [5, 5.41) is 35.9. The smallest absolute Gasteiger partial charge is 0.111 e. The van der Waals surface area contributed by atoms with E-state index < -0.39 is 37.6 Å². The van der Waals surface area contributed by atoms with E-state index in [1.54, 1.807) is 0 Å². The first-order chi connectivity index (χ1) is 5.57. The third-order valence-corrected chi connectivity index (χ3v) is 1.65. The maximum absolute atomic E-state index is 9.15. The number of hydrogen-bond donors (Lipinski definition) is 4. The summed E-state index contributed by atoms with van der Waals surface area (Å²) in [7, 11) is 0. The Kier molecular flexibility index (Phi) is 2.35. The number of aliphatic hydroxyl groups is 4. The molecule has 5 heteroatoms. The van der Waals surface area contributed by atoms with Crippen molar-refractivity contribution in [1.29, 1.82) is 0 Å². The monoisotopic (exact) mass is 165 g/mol. The fraction of sp³-hybridized carbons (Fsp3) is 1.00. The van der Waals surface area contributed by atoms with Crippen molar-refractivity contribution in [1.82, 2.24) is 0 Å². The minimum atomic E-state index is -1.43. The van der Waals surface area contributed by atoms with Crippen LogP contribution in [0.4, 0.5) is 0 Å². The van der Waals surface area contributed by atoms with Crippen molar-refractivity contribution in [2.24, 2.45) is 0 Å². The first-order valence-electron chi connectivity index (χ1n) is 3.88. The molecule has 0 aromatic heterocycles. The molecule has 0 amide bonds. The van der Waals surface area contributed by atoms with Gasteiger partial charge in [0.15, 0.2) is 0 Å². The molecule has 0 bridgehead atoms. The van der Waals surface area contributed by atoms with Gasteiger partial charge in [0.2, 0.25) is 0 Å². The van der Waals surface area contributed by atoms with Crippen LogP contribution in [-0.4, -0.2) is 58.0 Å². The lowest BCUT2D eigenvalue weighted by Gasteiger charge is -2.34. The molecule has 1 rings (SSSR count). The first kappa shape index (κ1) is 7.45. The van der Waals surface area contributed by atoms with Crippen LogP contribution in [0.15, 0.2) is 0 Å². The zero-order chi connectivity index (χ0) is 9.30. The summed E-state index contributed by atoms with van der Waals surface area (Å²) in [5.74, 6) is 0. The van der Waals surface area contributed by atoms with Gasteiger partial charge >= 0.3 is 0 Å². The van der Waals surface area contributed by atoms with E-state index >= 15 is 0 Å². The molecule has 0 aromatic rings. The van der Waals surface area contributed by atoms with Gasteiger partial charge in [0.05, 0.1) is 14.6 Å². The average molecular weight is 165 g/mol. The van der Waals surface area contributed by atoms with Gasteiger partial charge in [-0.05, 0) is 0 Å². The molecule has 1 heterocycles. The van der Waals surface area contributed by atoms with Crippen molar-refractivity contribution in [2.75, 3.05) is 13.2 Å². The Morgan fingerprint density at radius 3 is 2.55 bits per heavy atom. The molecular formula is C6H12O5. The zero-order valence-electron chi connectivity index (χ0n) is 6.79. The Hall–Kier alpha value is -0.200. The summed E-state index contributed by atoms with van der Waals surface area (Å²) in [4.78, 5) is 0. The van der Waals surface area contributed by atoms with Crippen molar-refractivity contribution in [3.8, 4) is 0 Å². The Morgan fingerprint density at radius 2 is 2.00 bits per heavy atom. The fourth-order valence-corrected chi connectivity index (χ4v) is 0.915. The quantitative estimate of drug-likeness (QED) is 0.344. The predicted octanol–water partition coefficient (Wildman–Crippen LogP) is -2.54. The minimum Gasteiger partial charge on any atom is -0.394 e. The minimum absolute atomic E-state index is 0.486. The molecule has 1 saturated heterocycles. The van der Waals surface area contributed by atoms with E-state index in [2.05, 4.69) is 4.74 Å². The van der Waals surface area contributed by atoms with Crippen LogP contribution in [-0.2, 0) is 4.74 Å². The van der Waals surface area contributed by atoms with Gasteiger partial charge in [-0.2, -0.15) is 0 Å². The summed E-state index contributed by atoms with van der Waals surface area (Å²) in [6, 6.07) is 0. The van der Waals surface area contributed by atoms with Crippen molar-refractivity contribution in [2.45, 2.75) is 24.4 Å². The molecule has 0 saturated carbocycles. The van der Waals surface area contributed by atoms with E-state index in [-0.39, 0.29) is 0 Å². The molecule has 0 radical (unpaired) electrons. The van der Waals surface area contributed by atoms with Crippen LogP contribution < -0.4 is 0 Å². The molecule has 0 unspecified atom stereocenters. The first-order valence-corrected chi connectivity index (χ1v) is 3.30. The molecule has 4 N–H and O–H groups in total. The fourth-order valence-electron chi connectivity index (χ4n) is 0.915. The Balaban J connectivity index is 2.63. The largest absolute Gasteiger partial charge is 0.394 e. The van der Waals surface area contributed by atoms with E-state index in [4.69, 9.17) is 21.8 Å². The normalized spacial score (nSPS) is 53.8. The molecule has 1 aliphatic heterocycles. The summed E-state index contributed by atoms with van der Waals surface area (Å²) in [6.07, 6.45) is -5.20. The summed E-state index contributed by atoms with van der Waals surface area (Å²) >= 11 is 0. The van der Waals surface area contributed by atoms with Crippen LogP contribution in [0.25, 0.3) is 0 Å². The van der Waals surface area contributed by atoms with E-state index in [0.717, 1.165) is 0 Å². The lowest BCUT2D eigenvalue weighted by Crippen LogP contribution is -2.53. The highest BCUT2D eigenvalue weighted by Crippen LogP contribution is 2.14. The molecule has 66 valence electrons. The van der Waals surface area contributed by atoms with E-state index in [0.29, 0.717) is 0 Å². The van der Waals surface area contributed by atoms with Crippen LogP contribution in [0.5, 0.6) is 0 Å². The van der Waals surface area contributed by atoms with Crippen molar-refractivity contribution in [3.05, 3.63) is 0 Å². The van der Waals surface area contributed by atoms with E-state index in [1.807, 2.05) is 0 Å². The topological polar surface area (TPSA) is 90.2 Å². The molecule has 1 aliphatic rings.